The summed E-state index contributed by atoms with van der Waals surface area (Å²) in [6, 6.07) is 4.80. The maximum Gasteiger partial charge on any atom is 0.471 e. The van der Waals surface area contributed by atoms with Crippen molar-refractivity contribution in [2.75, 3.05) is 11.9 Å². The lowest BCUT2D eigenvalue weighted by Crippen LogP contribution is -2.30. The normalized spacial score (nSPS) is 12.8. The lowest BCUT2D eigenvalue weighted by atomic mass is 10.1. The predicted octanol–water partition coefficient (Wildman–Crippen LogP) is 4.69. The smallest absolute Gasteiger partial charge is 0.471 e. The van der Waals surface area contributed by atoms with Crippen molar-refractivity contribution >= 4 is 27.5 Å². The van der Waals surface area contributed by atoms with Crippen molar-refractivity contribution in [1.29, 1.82) is 0 Å². The number of nitrogens with one attached hydrogen (secondary N) is 1. The van der Waals surface area contributed by atoms with Gasteiger partial charge in [0.2, 0.25) is 0 Å². The zero-order valence-corrected chi connectivity index (χ0v) is 14.1. The van der Waals surface area contributed by atoms with Crippen molar-refractivity contribution in [2.45, 2.75) is 44.1 Å². The van der Waals surface area contributed by atoms with E-state index in [-0.39, 0.29) is 11.4 Å². The van der Waals surface area contributed by atoms with Gasteiger partial charge in [-0.1, -0.05) is 35.3 Å². The van der Waals surface area contributed by atoms with Gasteiger partial charge in [0.25, 0.3) is 0 Å². The van der Waals surface area contributed by atoms with E-state index in [1.165, 1.54) is 6.07 Å². The topological polar surface area (TPSA) is 38.3 Å². The lowest BCUT2D eigenvalue weighted by molar-refractivity contribution is -0.167. The highest BCUT2D eigenvalue weighted by molar-refractivity contribution is 9.09. The number of carbonyl (C=O) groups excluding carboxylic acids is 1. The summed E-state index contributed by atoms with van der Waals surface area (Å²) in [5.74, 6) is -1.76. The molecule has 0 saturated carbocycles. The number of rotatable bonds is 7. The molecule has 124 valence electrons. The van der Waals surface area contributed by atoms with Gasteiger partial charge >= 0.3 is 12.1 Å². The van der Waals surface area contributed by atoms with Gasteiger partial charge in [0.15, 0.2) is 0 Å². The second-order valence-corrected chi connectivity index (χ2v) is 6.10. The van der Waals surface area contributed by atoms with Crippen LogP contribution in [0.5, 0.6) is 5.75 Å². The number of carbonyl (C=O) groups is 1. The zero-order chi connectivity index (χ0) is 16.8. The summed E-state index contributed by atoms with van der Waals surface area (Å²) in [4.78, 5) is 11.3. The van der Waals surface area contributed by atoms with Crippen LogP contribution in [0.25, 0.3) is 0 Å². The molecular weight excluding hydrogens is 363 g/mol. The summed E-state index contributed by atoms with van der Waals surface area (Å²) in [6.07, 6.45) is -2.16. The van der Waals surface area contributed by atoms with Crippen LogP contribution in [-0.2, 0) is 11.2 Å². The number of halogens is 4. The number of amides is 1. The van der Waals surface area contributed by atoms with E-state index < -0.39 is 12.1 Å². The lowest BCUT2D eigenvalue weighted by Gasteiger charge is -2.15. The second kappa shape index (κ2) is 8.41. The third kappa shape index (κ3) is 5.87. The number of benzene rings is 1. The molecule has 0 spiro atoms. The van der Waals surface area contributed by atoms with E-state index in [0.29, 0.717) is 11.4 Å². The molecule has 7 heteroatoms. The summed E-state index contributed by atoms with van der Waals surface area (Å²) in [7, 11) is 0. The molecule has 1 rings (SSSR count). The molecule has 1 amide bonds. The van der Waals surface area contributed by atoms with E-state index >= 15 is 0 Å². The Hall–Kier alpha value is -1.24. The summed E-state index contributed by atoms with van der Waals surface area (Å²) >= 11 is 3.56. The largest absolute Gasteiger partial charge is 0.492 e. The number of hydrogen-bond acceptors (Lipinski definition) is 2. The Kier molecular flexibility index (Phi) is 7.19. The number of anilines is 1. The van der Waals surface area contributed by atoms with E-state index in [9.17, 15) is 18.0 Å². The molecule has 3 nitrogen and oxygen atoms in total. The Morgan fingerprint density at radius 2 is 2.05 bits per heavy atom. The second-order valence-electron chi connectivity index (χ2n) is 4.81. The standard InChI is InChI=1S/C15H19BrF3NO2/c1-3-5-11(16)8-10-6-7-12(13(9-10)22-4-2)20-14(21)15(17,18)19/h6-7,9,11H,3-5,8H2,1-2H3,(H,20,21). The minimum Gasteiger partial charge on any atom is -0.492 e. The van der Waals surface area contributed by atoms with E-state index in [1.54, 1.807) is 19.1 Å². The third-order valence-corrected chi connectivity index (χ3v) is 3.69. The molecule has 0 aliphatic carbocycles. The first-order chi connectivity index (χ1) is 10.3. The SMILES string of the molecule is CCCC(Br)Cc1ccc(NC(=O)C(F)(F)F)c(OCC)c1. The van der Waals surface area contributed by atoms with Crippen LogP contribution >= 0.6 is 15.9 Å². The summed E-state index contributed by atoms with van der Waals surface area (Å²) < 4.78 is 42.3. The monoisotopic (exact) mass is 381 g/mol. The molecule has 0 aromatic heterocycles. The number of hydrogen-bond donors (Lipinski definition) is 1. The van der Waals surface area contributed by atoms with Gasteiger partial charge in [-0.2, -0.15) is 13.2 Å². The van der Waals surface area contributed by atoms with Crippen molar-refractivity contribution in [3.8, 4) is 5.75 Å². The molecule has 1 atom stereocenters. The molecule has 0 radical (unpaired) electrons. The van der Waals surface area contributed by atoms with Crippen LogP contribution in [0, 0.1) is 0 Å². The van der Waals surface area contributed by atoms with E-state index in [0.717, 1.165) is 24.8 Å². The zero-order valence-electron chi connectivity index (χ0n) is 12.5. The minimum absolute atomic E-state index is 0.0227. The van der Waals surface area contributed by atoms with Gasteiger partial charge in [-0.15, -0.1) is 0 Å². The van der Waals surface area contributed by atoms with Crippen molar-refractivity contribution in [3.05, 3.63) is 23.8 Å². The van der Waals surface area contributed by atoms with Crippen LogP contribution in [0.4, 0.5) is 18.9 Å². The number of alkyl halides is 4. The van der Waals surface area contributed by atoms with Crippen LogP contribution in [0.3, 0.4) is 0 Å². The molecule has 0 bridgehead atoms. The molecule has 0 aliphatic heterocycles. The molecule has 22 heavy (non-hydrogen) atoms. The summed E-state index contributed by atoms with van der Waals surface area (Å²) in [5.41, 5.74) is 0.957. The molecule has 0 saturated heterocycles. The number of ether oxygens (including phenoxy) is 1. The Balaban J connectivity index is 2.92. The Morgan fingerprint density at radius 1 is 1.36 bits per heavy atom. The van der Waals surface area contributed by atoms with Crippen molar-refractivity contribution in [2.24, 2.45) is 0 Å². The molecular formula is C15H19BrF3NO2. The van der Waals surface area contributed by atoms with Gasteiger partial charge in [-0.25, -0.2) is 0 Å². The van der Waals surface area contributed by atoms with E-state index in [1.807, 2.05) is 5.32 Å². The maximum absolute atomic E-state index is 12.3. The third-order valence-electron chi connectivity index (χ3n) is 2.91. The molecule has 0 aliphatic rings. The first-order valence-electron chi connectivity index (χ1n) is 7.05. The molecule has 0 heterocycles. The van der Waals surface area contributed by atoms with Gasteiger partial charge in [0, 0.05) is 4.83 Å². The predicted molar refractivity (Wildman–Crippen MR) is 83.6 cm³/mol. The first kappa shape index (κ1) is 18.8. The fourth-order valence-electron chi connectivity index (χ4n) is 1.94. The van der Waals surface area contributed by atoms with Gasteiger partial charge in [0.1, 0.15) is 5.75 Å². The highest BCUT2D eigenvalue weighted by Crippen LogP contribution is 2.29. The highest BCUT2D eigenvalue weighted by Gasteiger charge is 2.39. The van der Waals surface area contributed by atoms with E-state index in [4.69, 9.17) is 4.74 Å². The minimum atomic E-state index is -4.93. The van der Waals surface area contributed by atoms with Crippen LogP contribution < -0.4 is 10.1 Å². The molecule has 1 unspecified atom stereocenters. The highest BCUT2D eigenvalue weighted by atomic mass is 79.9. The molecule has 1 N–H and O–H groups in total. The van der Waals surface area contributed by atoms with Crippen LogP contribution in [0.15, 0.2) is 18.2 Å². The van der Waals surface area contributed by atoms with Crippen molar-refractivity contribution < 1.29 is 22.7 Å². The van der Waals surface area contributed by atoms with Gasteiger partial charge < -0.3 is 10.1 Å². The Labute approximate surface area is 136 Å². The van der Waals surface area contributed by atoms with E-state index in [2.05, 4.69) is 22.9 Å². The van der Waals surface area contributed by atoms with Crippen molar-refractivity contribution in [3.63, 3.8) is 0 Å². The van der Waals surface area contributed by atoms with Gasteiger partial charge in [-0.3, -0.25) is 4.79 Å². The van der Waals surface area contributed by atoms with Gasteiger partial charge in [0.05, 0.1) is 12.3 Å². The average molecular weight is 382 g/mol. The van der Waals surface area contributed by atoms with Crippen LogP contribution in [-0.4, -0.2) is 23.5 Å². The first-order valence-corrected chi connectivity index (χ1v) is 7.97. The summed E-state index contributed by atoms with van der Waals surface area (Å²) in [6.45, 7) is 4.10. The molecule has 1 aromatic rings. The maximum atomic E-state index is 12.3. The summed E-state index contributed by atoms with van der Waals surface area (Å²) in [5, 5.41) is 1.84. The Bertz CT molecular complexity index is 506. The molecule has 0 fully saturated rings. The Morgan fingerprint density at radius 3 is 2.59 bits per heavy atom. The van der Waals surface area contributed by atoms with Crippen LogP contribution in [0.2, 0.25) is 0 Å². The fourth-order valence-corrected chi connectivity index (χ4v) is 2.77. The van der Waals surface area contributed by atoms with Gasteiger partial charge in [-0.05, 0) is 37.5 Å². The van der Waals surface area contributed by atoms with Crippen LogP contribution in [0.1, 0.15) is 32.3 Å². The molecule has 1 aromatic carbocycles. The van der Waals surface area contributed by atoms with Crippen molar-refractivity contribution in [1.82, 2.24) is 0 Å². The average Bonchev–Trinajstić information content (AvgIpc) is 2.41. The fraction of sp³-hybridized carbons (Fsp3) is 0.533. The quantitative estimate of drug-likeness (QED) is 0.695.